The minimum Gasteiger partial charge on any atom is -0.266 e. The third-order valence-electron chi connectivity index (χ3n) is 1.59. The molecule has 1 rings (SSSR count). The molecule has 6 heteroatoms. The van der Waals surface area contributed by atoms with E-state index < -0.39 is 6.67 Å². The fraction of sp³-hybridized carbons (Fsp3) is 0.500. The fourth-order valence-corrected chi connectivity index (χ4v) is 1.75. The molecule has 0 saturated carbocycles. The molecule has 0 unspecified atom stereocenters. The largest absolute Gasteiger partial charge is 0.346 e. The Balaban J connectivity index is 2.96. The second kappa shape index (κ2) is 4.99. The number of hydrogen-bond acceptors (Lipinski definition) is 3. The second-order valence-electron chi connectivity index (χ2n) is 2.63. The average Bonchev–Trinajstić information content (AvgIpc) is 2.43. The molecule has 0 bridgehead atoms. The number of alkyl halides is 1. The summed E-state index contributed by atoms with van der Waals surface area (Å²) in [6, 6.07) is 0. The van der Waals surface area contributed by atoms with Gasteiger partial charge in [-0.2, -0.15) is 0 Å². The van der Waals surface area contributed by atoms with Crippen molar-refractivity contribution in [3.8, 4) is 0 Å². The van der Waals surface area contributed by atoms with Crippen LogP contribution in [-0.2, 0) is 13.6 Å². The number of allylic oxidation sites excluding steroid dienone is 1. The molecule has 1 aromatic heterocycles. The van der Waals surface area contributed by atoms with Gasteiger partial charge in [0, 0.05) is 19.3 Å². The maximum Gasteiger partial charge on any atom is 0.346 e. The van der Waals surface area contributed by atoms with Crippen molar-refractivity contribution in [1.29, 1.82) is 0 Å². The zero-order chi connectivity index (χ0) is 10.6. The van der Waals surface area contributed by atoms with Crippen molar-refractivity contribution in [1.82, 2.24) is 14.3 Å². The Bertz CT molecular complexity index is 371. The van der Waals surface area contributed by atoms with E-state index in [0.29, 0.717) is 17.5 Å². The number of rotatable bonds is 5. The Hall–Kier alpha value is -1.04. The zero-order valence-corrected chi connectivity index (χ0v) is 8.76. The third-order valence-corrected chi connectivity index (χ3v) is 2.51. The third kappa shape index (κ3) is 2.25. The molecule has 0 aliphatic rings. The monoisotopic (exact) mass is 217 g/mol. The predicted octanol–water partition coefficient (Wildman–Crippen LogP) is 0.829. The summed E-state index contributed by atoms with van der Waals surface area (Å²) >= 11 is 1.23. The van der Waals surface area contributed by atoms with E-state index in [1.165, 1.54) is 21.0 Å². The SMILES string of the molecule is C=CCn1c(SCCF)nn(C)c1=O. The lowest BCUT2D eigenvalue weighted by Crippen LogP contribution is -2.22. The quantitative estimate of drug-likeness (QED) is 0.541. The molecule has 78 valence electrons. The lowest BCUT2D eigenvalue weighted by atomic mass is 10.6. The van der Waals surface area contributed by atoms with Crippen LogP contribution in [0.3, 0.4) is 0 Å². The summed E-state index contributed by atoms with van der Waals surface area (Å²) < 4.78 is 14.6. The first-order chi connectivity index (χ1) is 6.70. The van der Waals surface area contributed by atoms with Gasteiger partial charge in [-0.3, -0.25) is 8.96 Å². The van der Waals surface area contributed by atoms with Crippen molar-refractivity contribution in [2.75, 3.05) is 12.4 Å². The molecule has 0 aromatic carbocycles. The molecule has 0 radical (unpaired) electrons. The molecule has 0 aliphatic heterocycles. The molecule has 0 atom stereocenters. The fourth-order valence-electron chi connectivity index (χ4n) is 1.00. The van der Waals surface area contributed by atoms with E-state index in [0.717, 1.165) is 0 Å². The van der Waals surface area contributed by atoms with Crippen LogP contribution in [0.2, 0.25) is 0 Å². The normalized spacial score (nSPS) is 10.4. The summed E-state index contributed by atoms with van der Waals surface area (Å²) in [6.07, 6.45) is 1.61. The molecular weight excluding hydrogens is 205 g/mol. The minimum atomic E-state index is -0.427. The van der Waals surface area contributed by atoms with E-state index in [1.807, 2.05) is 0 Å². The predicted molar refractivity (Wildman–Crippen MR) is 54.4 cm³/mol. The van der Waals surface area contributed by atoms with E-state index in [9.17, 15) is 9.18 Å². The van der Waals surface area contributed by atoms with Gasteiger partial charge in [0.05, 0.1) is 6.67 Å². The molecule has 1 heterocycles. The Kier molecular flexibility index (Phi) is 3.94. The van der Waals surface area contributed by atoms with E-state index in [1.54, 1.807) is 13.1 Å². The first kappa shape index (κ1) is 11.0. The van der Waals surface area contributed by atoms with E-state index in [2.05, 4.69) is 11.7 Å². The second-order valence-corrected chi connectivity index (χ2v) is 3.69. The maximum absolute atomic E-state index is 11.9. The highest BCUT2D eigenvalue weighted by Gasteiger charge is 2.09. The molecular formula is C8H12FN3OS. The number of thioether (sulfide) groups is 1. The van der Waals surface area contributed by atoms with Crippen molar-refractivity contribution < 1.29 is 4.39 Å². The highest BCUT2D eigenvalue weighted by Crippen LogP contribution is 2.12. The molecule has 0 aliphatic carbocycles. The Labute approximate surface area is 85.4 Å². The smallest absolute Gasteiger partial charge is 0.266 e. The molecule has 0 fully saturated rings. The van der Waals surface area contributed by atoms with Crippen LogP contribution in [0, 0.1) is 0 Å². The highest BCUT2D eigenvalue weighted by molar-refractivity contribution is 7.99. The lowest BCUT2D eigenvalue weighted by molar-refractivity contribution is 0.532. The first-order valence-electron chi connectivity index (χ1n) is 4.14. The molecule has 0 spiro atoms. The van der Waals surface area contributed by atoms with Gasteiger partial charge >= 0.3 is 5.69 Å². The van der Waals surface area contributed by atoms with E-state index in [-0.39, 0.29) is 5.69 Å². The molecule has 0 N–H and O–H groups in total. The molecule has 14 heavy (non-hydrogen) atoms. The highest BCUT2D eigenvalue weighted by atomic mass is 32.2. The van der Waals surface area contributed by atoms with E-state index >= 15 is 0 Å². The number of aromatic nitrogens is 3. The van der Waals surface area contributed by atoms with Crippen LogP contribution in [0.1, 0.15) is 0 Å². The van der Waals surface area contributed by atoms with Crippen LogP contribution < -0.4 is 5.69 Å². The summed E-state index contributed by atoms with van der Waals surface area (Å²) in [5, 5.41) is 4.52. The average molecular weight is 217 g/mol. The first-order valence-corrected chi connectivity index (χ1v) is 5.12. The summed E-state index contributed by atoms with van der Waals surface area (Å²) in [4.78, 5) is 11.5. The number of halogens is 1. The summed E-state index contributed by atoms with van der Waals surface area (Å²) in [5.41, 5.74) is -0.203. The summed E-state index contributed by atoms with van der Waals surface area (Å²) in [5.74, 6) is 0.313. The van der Waals surface area contributed by atoms with Crippen molar-refractivity contribution in [3.63, 3.8) is 0 Å². The zero-order valence-electron chi connectivity index (χ0n) is 7.94. The summed E-state index contributed by atoms with van der Waals surface area (Å²) in [7, 11) is 1.57. The minimum absolute atomic E-state index is 0.203. The Morgan fingerprint density at radius 1 is 1.71 bits per heavy atom. The van der Waals surface area contributed by atoms with Crippen LogP contribution in [0.4, 0.5) is 4.39 Å². The standard InChI is InChI=1S/C8H12FN3OS/c1-3-5-12-7(14-6-4-9)10-11(2)8(12)13/h3H,1,4-6H2,2H3. The molecule has 0 amide bonds. The number of aryl methyl sites for hydroxylation is 1. The van der Waals surface area contributed by atoms with E-state index in [4.69, 9.17) is 0 Å². The number of nitrogens with zero attached hydrogens (tertiary/aromatic N) is 3. The van der Waals surface area contributed by atoms with Gasteiger partial charge in [-0.25, -0.2) is 9.48 Å². The van der Waals surface area contributed by atoms with Crippen molar-refractivity contribution in [2.24, 2.45) is 7.05 Å². The van der Waals surface area contributed by atoms with Crippen molar-refractivity contribution in [2.45, 2.75) is 11.7 Å². The topological polar surface area (TPSA) is 39.8 Å². The van der Waals surface area contributed by atoms with Gasteiger partial charge in [-0.15, -0.1) is 11.7 Å². The molecule has 1 aromatic rings. The molecule has 0 saturated heterocycles. The summed E-state index contributed by atoms with van der Waals surface area (Å²) in [6.45, 7) is 3.52. The van der Waals surface area contributed by atoms with Gasteiger partial charge in [0.1, 0.15) is 0 Å². The van der Waals surface area contributed by atoms with Gasteiger partial charge in [0.25, 0.3) is 0 Å². The van der Waals surface area contributed by atoms with Crippen molar-refractivity contribution in [3.05, 3.63) is 23.1 Å². The maximum atomic E-state index is 11.9. The van der Waals surface area contributed by atoms with Gasteiger partial charge < -0.3 is 0 Å². The van der Waals surface area contributed by atoms with Gasteiger partial charge in [-0.05, 0) is 0 Å². The molecule has 4 nitrogen and oxygen atoms in total. The van der Waals surface area contributed by atoms with Gasteiger partial charge in [0.15, 0.2) is 5.16 Å². The van der Waals surface area contributed by atoms with Gasteiger partial charge in [-0.1, -0.05) is 17.8 Å². The Morgan fingerprint density at radius 3 is 3.00 bits per heavy atom. The van der Waals surface area contributed by atoms with Crippen LogP contribution >= 0.6 is 11.8 Å². The van der Waals surface area contributed by atoms with Crippen LogP contribution in [0.5, 0.6) is 0 Å². The van der Waals surface area contributed by atoms with Crippen LogP contribution in [0.25, 0.3) is 0 Å². The van der Waals surface area contributed by atoms with Crippen molar-refractivity contribution >= 4 is 11.8 Å². The lowest BCUT2D eigenvalue weighted by Gasteiger charge is -1.99. The van der Waals surface area contributed by atoms with Crippen LogP contribution in [0.15, 0.2) is 22.6 Å². The van der Waals surface area contributed by atoms with Gasteiger partial charge in [0.2, 0.25) is 0 Å². The number of hydrogen-bond donors (Lipinski definition) is 0. The Morgan fingerprint density at radius 2 is 2.43 bits per heavy atom. The van der Waals surface area contributed by atoms with Crippen LogP contribution in [-0.4, -0.2) is 26.8 Å².